The van der Waals surface area contributed by atoms with Crippen LogP contribution in [0.15, 0.2) is 24.3 Å². The number of fused-ring (bicyclic) bond motifs is 1. The largest absolute Gasteiger partial charge is 0.491 e. The standard InChI is InChI=1S/C22H32O7/c1-13(2)25-15-9-7-14(8-10-15)11-23-18-17(16-12-24-21(3,4)27-16)26-20-19(18)28-22(5,6)29-20/h7-10,13,16-20H,11-12H2,1-6H3/t16-,17-,18+,19-,20-/m1/s1. The molecule has 0 aliphatic carbocycles. The molecule has 1 aromatic carbocycles. The zero-order valence-electron chi connectivity index (χ0n) is 18.0. The molecule has 0 unspecified atom stereocenters. The third-order valence-electron chi connectivity index (χ3n) is 5.16. The van der Waals surface area contributed by atoms with Crippen molar-refractivity contribution in [1.82, 2.24) is 0 Å². The molecule has 3 aliphatic heterocycles. The van der Waals surface area contributed by atoms with E-state index in [9.17, 15) is 0 Å². The fourth-order valence-electron chi connectivity index (χ4n) is 4.00. The second-order valence-electron chi connectivity index (χ2n) is 9.02. The summed E-state index contributed by atoms with van der Waals surface area (Å²) in [4.78, 5) is 0. The molecule has 0 N–H and O–H groups in total. The lowest BCUT2D eigenvalue weighted by Gasteiger charge is -2.29. The normalized spacial score (nSPS) is 35.2. The zero-order chi connectivity index (χ0) is 20.8. The van der Waals surface area contributed by atoms with Crippen LogP contribution in [0.1, 0.15) is 47.1 Å². The van der Waals surface area contributed by atoms with Crippen molar-refractivity contribution >= 4 is 0 Å². The molecular weight excluding hydrogens is 376 g/mol. The Labute approximate surface area is 172 Å². The SMILES string of the molecule is CC(C)Oc1ccc(CO[C@@H]2[C@H]3OC(C)(C)O[C@H]3O[C@@H]2[C@H]2COC(C)(C)O2)cc1. The van der Waals surface area contributed by atoms with Gasteiger partial charge < -0.3 is 33.2 Å². The van der Waals surface area contributed by atoms with E-state index in [1.807, 2.05) is 65.8 Å². The van der Waals surface area contributed by atoms with Gasteiger partial charge in [0.15, 0.2) is 17.9 Å². The van der Waals surface area contributed by atoms with Gasteiger partial charge in [-0.3, -0.25) is 0 Å². The third-order valence-corrected chi connectivity index (χ3v) is 5.16. The number of hydrogen-bond donors (Lipinski definition) is 0. The van der Waals surface area contributed by atoms with Crippen LogP contribution in [0.25, 0.3) is 0 Å². The van der Waals surface area contributed by atoms with E-state index in [0.717, 1.165) is 11.3 Å². The van der Waals surface area contributed by atoms with Crippen molar-refractivity contribution < 1.29 is 33.2 Å². The lowest BCUT2D eigenvalue weighted by molar-refractivity contribution is -0.236. The lowest BCUT2D eigenvalue weighted by atomic mass is 10.1. The van der Waals surface area contributed by atoms with Gasteiger partial charge in [0.1, 0.15) is 30.2 Å². The third kappa shape index (κ3) is 4.76. The molecular formula is C22H32O7. The van der Waals surface area contributed by atoms with Crippen LogP contribution in [0.3, 0.4) is 0 Å². The summed E-state index contributed by atoms with van der Waals surface area (Å²) in [6.45, 7) is 12.5. The topological polar surface area (TPSA) is 64.6 Å². The first-order valence-electron chi connectivity index (χ1n) is 10.3. The maximum Gasteiger partial charge on any atom is 0.190 e. The van der Waals surface area contributed by atoms with E-state index >= 15 is 0 Å². The predicted octanol–water partition coefficient (Wildman–Crippen LogP) is 3.39. The number of hydrogen-bond acceptors (Lipinski definition) is 7. The van der Waals surface area contributed by atoms with Gasteiger partial charge in [-0.05, 0) is 59.2 Å². The highest BCUT2D eigenvalue weighted by Crippen LogP contribution is 2.42. The maximum absolute atomic E-state index is 6.30. The molecule has 0 spiro atoms. The molecule has 3 fully saturated rings. The van der Waals surface area contributed by atoms with Crippen LogP contribution in [0.2, 0.25) is 0 Å². The first kappa shape index (κ1) is 21.0. The van der Waals surface area contributed by atoms with Crippen molar-refractivity contribution in [1.29, 1.82) is 0 Å². The molecule has 0 radical (unpaired) electrons. The molecule has 3 aliphatic rings. The first-order chi connectivity index (χ1) is 13.6. The quantitative estimate of drug-likeness (QED) is 0.715. The van der Waals surface area contributed by atoms with Gasteiger partial charge in [0, 0.05) is 0 Å². The fraction of sp³-hybridized carbons (Fsp3) is 0.727. The second kappa shape index (κ2) is 7.80. The van der Waals surface area contributed by atoms with Crippen molar-refractivity contribution in [3.63, 3.8) is 0 Å². The summed E-state index contributed by atoms with van der Waals surface area (Å²) < 4.78 is 41.9. The highest BCUT2D eigenvalue weighted by Gasteiger charge is 2.58. The molecule has 0 saturated carbocycles. The summed E-state index contributed by atoms with van der Waals surface area (Å²) >= 11 is 0. The molecule has 0 amide bonds. The Balaban J connectivity index is 1.44. The average molecular weight is 408 g/mol. The highest BCUT2D eigenvalue weighted by molar-refractivity contribution is 5.27. The van der Waals surface area contributed by atoms with Gasteiger partial charge >= 0.3 is 0 Å². The number of rotatable bonds is 6. The molecule has 1 aromatic rings. The minimum atomic E-state index is -0.704. The van der Waals surface area contributed by atoms with E-state index in [-0.39, 0.29) is 30.5 Å². The summed E-state index contributed by atoms with van der Waals surface area (Å²) in [7, 11) is 0. The summed E-state index contributed by atoms with van der Waals surface area (Å²) in [6.07, 6.45) is -1.54. The molecule has 3 heterocycles. The summed E-state index contributed by atoms with van der Waals surface area (Å²) in [5, 5.41) is 0. The van der Waals surface area contributed by atoms with Crippen molar-refractivity contribution in [3.05, 3.63) is 29.8 Å². The van der Waals surface area contributed by atoms with Gasteiger partial charge in [-0.15, -0.1) is 0 Å². The molecule has 162 valence electrons. The fourth-order valence-corrected chi connectivity index (χ4v) is 4.00. The van der Waals surface area contributed by atoms with Crippen LogP contribution in [0, 0.1) is 0 Å². The Kier molecular flexibility index (Phi) is 5.65. The van der Waals surface area contributed by atoms with Gasteiger partial charge in [0.05, 0.1) is 19.3 Å². The first-order valence-corrected chi connectivity index (χ1v) is 10.3. The van der Waals surface area contributed by atoms with Gasteiger partial charge in [-0.25, -0.2) is 0 Å². The Morgan fingerprint density at radius 1 is 0.966 bits per heavy atom. The van der Waals surface area contributed by atoms with Crippen molar-refractivity contribution in [2.24, 2.45) is 0 Å². The predicted molar refractivity (Wildman–Crippen MR) is 104 cm³/mol. The van der Waals surface area contributed by atoms with Gasteiger partial charge in [-0.2, -0.15) is 0 Å². The van der Waals surface area contributed by atoms with Crippen molar-refractivity contribution in [3.8, 4) is 5.75 Å². The second-order valence-corrected chi connectivity index (χ2v) is 9.02. The van der Waals surface area contributed by atoms with Crippen molar-refractivity contribution in [2.75, 3.05) is 6.61 Å². The highest BCUT2D eigenvalue weighted by atomic mass is 16.8. The van der Waals surface area contributed by atoms with Gasteiger partial charge in [-0.1, -0.05) is 12.1 Å². The molecule has 4 rings (SSSR count). The van der Waals surface area contributed by atoms with E-state index in [0.29, 0.717) is 13.2 Å². The minimum Gasteiger partial charge on any atom is -0.491 e. The Bertz CT molecular complexity index is 700. The van der Waals surface area contributed by atoms with Gasteiger partial charge in [0.25, 0.3) is 0 Å². The smallest absolute Gasteiger partial charge is 0.190 e. The van der Waals surface area contributed by atoms with E-state index in [4.69, 9.17) is 33.2 Å². The molecule has 7 nitrogen and oxygen atoms in total. The summed E-state index contributed by atoms with van der Waals surface area (Å²) in [5.74, 6) is -0.494. The van der Waals surface area contributed by atoms with Crippen LogP contribution in [0.5, 0.6) is 5.75 Å². The lowest BCUT2D eigenvalue weighted by Crippen LogP contribution is -2.44. The Morgan fingerprint density at radius 3 is 2.31 bits per heavy atom. The van der Waals surface area contributed by atoms with Crippen molar-refractivity contribution in [2.45, 2.75) is 96.5 Å². The van der Waals surface area contributed by atoms with Crippen LogP contribution < -0.4 is 4.74 Å². The number of ether oxygens (including phenoxy) is 7. The van der Waals surface area contributed by atoms with Crippen LogP contribution >= 0.6 is 0 Å². The van der Waals surface area contributed by atoms with E-state index < -0.39 is 17.9 Å². The molecule has 3 saturated heterocycles. The summed E-state index contributed by atoms with van der Waals surface area (Å²) in [5.41, 5.74) is 1.05. The number of benzene rings is 1. The van der Waals surface area contributed by atoms with Gasteiger partial charge in [0.2, 0.25) is 0 Å². The van der Waals surface area contributed by atoms with Crippen LogP contribution in [-0.4, -0.2) is 55.0 Å². The van der Waals surface area contributed by atoms with E-state index in [1.165, 1.54) is 0 Å². The molecule has 29 heavy (non-hydrogen) atoms. The molecule has 0 bridgehead atoms. The van der Waals surface area contributed by atoms with E-state index in [1.54, 1.807) is 0 Å². The Hall–Kier alpha value is -1.22. The maximum atomic E-state index is 6.30. The van der Waals surface area contributed by atoms with Crippen LogP contribution in [-0.2, 0) is 35.0 Å². The minimum absolute atomic E-state index is 0.145. The molecule has 0 aromatic heterocycles. The van der Waals surface area contributed by atoms with E-state index in [2.05, 4.69) is 0 Å². The summed E-state index contributed by atoms with van der Waals surface area (Å²) in [6, 6.07) is 7.93. The molecule has 5 atom stereocenters. The zero-order valence-corrected chi connectivity index (χ0v) is 18.0. The average Bonchev–Trinajstić information content (AvgIpc) is 3.23. The van der Waals surface area contributed by atoms with Crippen LogP contribution in [0.4, 0.5) is 0 Å². The monoisotopic (exact) mass is 408 g/mol. The Morgan fingerprint density at radius 2 is 1.69 bits per heavy atom. The molecule has 7 heteroatoms.